The van der Waals surface area contributed by atoms with Crippen LogP contribution in [0.25, 0.3) is 80.7 Å². The van der Waals surface area contributed by atoms with Crippen LogP contribution in [0.1, 0.15) is 188 Å². The minimum atomic E-state index is -0.956. The molecule has 16 rings (SSSR count). The van der Waals surface area contributed by atoms with E-state index in [-0.39, 0.29) is 33.0 Å². The molecule has 1 unspecified atom stereocenters. The highest BCUT2D eigenvalue weighted by molar-refractivity contribution is 7.26. The molecule has 4 heteroatoms. The van der Waals surface area contributed by atoms with Crippen LogP contribution in [-0.4, -0.2) is 4.57 Å². The summed E-state index contributed by atoms with van der Waals surface area (Å²) in [6.07, 6.45) is 0.729. The Kier molecular flexibility index (Phi) is 15.4. The highest BCUT2D eigenvalue weighted by atomic mass is 32.1. The van der Waals surface area contributed by atoms with Crippen molar-refractivity contribution in [3.8, 4) is 16.8 Å². The zero-order valence-corrected chi connectivity index (χ0v) is 62.9. The second-order valence-electron chi connectivity index (χ2n) is 34.3. The highest BCUT2D eigenvalue weighted by Gasteiger charge is 2.51. The Bertz CT molecular complexity index is 5760. The smallest absolute Gasteiger partial charge is 0.143 e. The van der Waals surface area contributed by atoms with Crippen LogP contribution in [0.3, 0.4) is 0 Å². The minimum absolute atomic E-state index is 0.000784. The monoisotopic (exact) mass is 1330 g/mol. The Hall–Kier alpha value is -9.74. The normalized spacial score (nSPS) is 14.8. The summed E-state index contributed by atoms with van der Waals surface area (Å²) >= 11 is 1.93. The number of rotatable bonds is 10. The lowest BCUT2D eigenvalue weighted by Crippen LogP contribution is -2.29. The van der Waals surface area contributed by atoms with Crippen molar-refractivity contribution in [1.29, 1.82) is 0 Å². The second kappa shape index (κ2) is 23.7. The summed E-state index contributed by atoms with van der Waals surface area (Å²) in [6.45, 7) is 39.3. The molecule has 2 atom stereocenters. The van der Waals surface area contributed by atoms with Crippen LogP contribution in [0.4, 0.5) is 17.1 Å². The van der Waals surface area contributed by atoms with E-state index < -0.39 is 5.41 Å². The van der Waals surface area contributed by atoms with Gasteiger partial charge in [0.25, 0.3) is 0 Å². The first-order valence-corrected chi connectivity index (χ1v) is 37.3. The summed E-state index contributed by atoms with van der Waals surface area (Å²) < 4.78 is 12.8. The lowest BCUT2D eigenvalue weighted by Gasteiger charge is -2.36. The number of para-hydroxylation sites is 1. The van der Waals surface area contributed by atoms with Crippen LogP contribution in [0.2, 0.25) is 0 Å². The van der Waals surface area contributed by atoms with Gasteiger partial charge in [-0.1, -0.05) is 273 Å². The number of hydrogen-bond acceptors (Lipinski definition) is 3. The summed E-state index contributed by atoms with van der Waals surface area (Å²) in [5.74, 6) is 0.00787. The average molecular weight is 1340 g/mol. The zero-order chi connectivity index (χ0) is 70.6. The predicted octanol–water partition coefficient (Wildman–Crippen LogP) is 27.4. The molecule has 12 aromatic carbocycles. The van der Waals surface area contributed by atoms with E-state index in [2.05, 4.69) is 370 Å². The van der Waals surface area contributed by atoms with Crippen molar-refractivity contribution in [1.82, 2.24) is 4.57 Å². The Balaban J connectivity index is 1.10. The first-order chi connectivity index (χ1) is 48.0. The molecule has 0 radical (unpaired) electrons. The van der Waals surface area contributed by atoms with Crippen molar-refractivity contribution in [2.45, 2.75) is 163 Å². The molecule has 0 saturated carbocycles. The maximum atomic E-state index is 7.82. The quantitative estimate of drug-likeness (QED) is 0.136. The highest BCUT2D eigenvalue weighted by Crippen LogP contribution is 2.65. The number of hydrogen-bond donors (Lipinski definition) is 0. The van der Waals surface area contributed by atoms with Gasteiger partial charge in [-0.3, -0.25) is 0 Å². The molecule has 0 N–H and O–H groups in total. The number of nitrogens with zero attached hydrogens (tertiary/aromatic N) is 2. The summed E-state index contributed by atoms with van der Waals surface area (Å²) in [5, 5.41) is 7.23. The third-order valence-electron chi connectivity index (χ3n) is 22.2. The van der Waals surface area contributed by atoms with Crippen molar-refractivity contribution >= 4 is 92.3 Å². The van der Waals surface area contributed by atoms with E-state index in [1.165, 1.54) is 131 Å². The summed E-state index contributed by atoms with van der Waals surface area (Å²) in [5.41, 5.74) is 27.6. The summed E-state index contributed by atoms with van der Waals surface area (Å²) in [7, 11) is 0. The van der Waals surface area contributed by atoms with Gasteiger partial charge in [0, 0.05) is 75.8 Å². The number of aryl methyl sites for hydroxylation is 2. The SMILES string of the molecule is Cc1cccc([C@@H](Cc2cc3c(c4oc5ccccc5c24)-c2c(cc(N(c4ccc(C(C)(C)C)cc4)c4cccc(C)c4)c4c2sc2ccccc24)C3(c2ccc(C(C)(C)C)cc2)c2ccc3c(c2)c2cc(C(C)(C)C)ccc2n3-c2ccc(C(C)(C)C)cc2)c2ccc(C(C)(C)C)cc2)c1. The molecule has 15 aromatic rings. The fraction of sp³-hybridized carbons (Fsp3) is 0.258. The van der Waals surface area contributed by atoms with Crippen LogP contribution >= 0.6 is 11.3 Å². The molecule has 3 nitrogen and oxygen atoms in total. The summed E-state index contributed by atoms with van der Waals surface area (Å²) in [4.78, 5) is 2.58. The predicted molar refractivity (Wildman–Crippen MR) is 434 cm³/mol. The van der Waals surface area contributed by atoms with E-state index in [0.717, 1.165) is 51.3 Å². The number of furan rings is 1. The first-order valence-electron chi connectivity index (χ1n) is 36.5. The van der Waals surface area contributed by atoms with Gasteiger partial charge in [-0.25, -0.2) is 0 Å². The van der Waals surface area contributed by atoms with Crippen molar-refractivity contribution in [2.24, 2.45) is 0 Å². The molecule has 3 aromatic heterocycles. The number of benzene rings is 12. The number of thiophene rings is 1. The molecule has 504 valence electrons. The molecule has 0 bridgehead atoms. The van der Waals surface area contributed by atoms with Gasteiger partial charge < -0.3 is 13.9 Å². The molecule has 0 amide bonds. The molecule has 101 heavy (non-hydrogen) atoms. The van der Waals surface area contributed by atoms with Gasteiger partial charge in [0.2, 0.25) is 0 Å². The van der Waals surface area contributed by atoms with Gasteiger partial charge in [-0.15, -0.1) is 11.3 Å². The van der Waals surface area contributed by atoms with Crippen LogP contribution in [0.5, 0.6) is 0 Å². The van der Waals surface area contributed by atoms with Crippen LogP contribution in [0, 0.1) is 13.8 Å². The Morgan fingerprint density at radius 1 is 0.406 bits per heavy atom. The third kappa shape index (κ3) is 11.0. The minimum Gasteiger partial charge on any atom is -0.455 e. The Morgan fingerprint density at radius 3 is 1.55 bits per heavy atom. The maximum absolute atomic E-state index is 7.82. The van der Waals surface area contributed by atoms with Gasteiger partial charge in [0.05, 0.1) is 22.1 Å². The second-order valence-corrected chi connectivity index (χ2v) is 35.4. The van der Waals surface area contributed by atoms with Gasteiger partial charge in [0.15, 0.2) is 0 Å². The zero-order valence-electron chi connectivity index (χ0n) is 62.1. The number of aromatic nitrogens is 1. The van der Waals surface area contributed by atoms with Crippen molar-refractivity contribution in [3.05, 3.63) is 321 Å². The fourth-order valence-electron chi connectivity index (χ4n) is 16.6. The van der Waals surface area contributed by atoms with Gasteiger partial charge in [-0.05, 0) is 199 Å². The first kappa shape index (κ1) is 65.8. The Morgan fingerprint density at radius 2 is 0.931 bits per heavy atom. The van der Waals surface area contributed by atoms with Crippen LogP contribution in [-0.2, 0) is 38.9 Å². The van der Waals surface area contributed by atoms with E-state index in [9.17, 15) is 0 Å². The van der Waals surface area contributed by atoms with E-state index in [4.69, 9.17) is 4.42 Å². The molecule has 1 aliphatic rings. The lowest BCUT2D eigenvalue weighted by atomic mass is 9.66. The van der Waals surface area contributed by atoms with Crippen molar-refractivity contribution < 1.29 is 4.42 Å². The van der Waals surface area contributed by atoms with Gasteiger partial charge in [-0.2, -0.15) is 0 Å². The molecule has 0 saturated heterocycles. The maximum Gasteiger partial charge on any atom is 0.143 e. The number of anilines is 3. The summed E-state index contributed by atoms with van der Waals surface area (Å²) in [6, 6.07) is 94.8. The molecule has 0 fully saturated rings. The largest absolute Gasteiger partial charge is 0.455 e. The van der Waals surface area contributed by atoms with E-state index >= 15 is 0 Å². The molecular weight excluding hydrogens is 1240 g/mol. The molecule has 1 aliphatic carbocycles. The Labute approximate surface area is 602 Å². The topological polar surface area (TPSA) is 21.3 Å². The third-order valence-corrected chi connectivity index (χ3v) is 23.4. The standard InChI is InChI=1S/C97H94N2OS/c1-59-24-22-26-62(52-59)76(61-32-34-64(35-33-61)92(3,4)5)54-63-55-79-88(90-86(63)74-28-18-20-30-84(74)100-90)89-80(58-83(87-75-29-19-21-31-85(75)101-91(87)89)98(73-27-23-25-60(2)53-73)71-46-40-66(41-47-71)94(9,10)11)97(79,68-38-36-65(37-39-68)93(6,7)8)70-45-51-82-78(57-70)77-56-69(96(15,16)17)44-50-81(77)99(82)72-48-42-67(43-49-72)95(12,13)14/h18-53,55-58,76H,54H2,1-17H3/t76-,97?/m0/s1. The van der Waals surface area contributed by atoms with Crippen molar-refractivity contribution in [2.75, 3.05) is 4.90 Å². The van der Waals surface area contributed by atoms with Gasteiger partial charge >= 0.3 is 0 Å². The van der Waals surface area contributed by atoms with E-state index in [1.54, 1.807) is 0 Å². The number of fused-ring (bicyclic) bond motifs is 14. The molecule has 0 spiro atoms. The lowest BCUT2D eigenvalue weighted by molar-refractivity contribution is 0.589. The van der Waals surface area contributed by atoms with Gasteiger partial charge in [0.1, 0.15) is 11.2 Å². The van der Waals surface area contributed by atoms with Crippen LogP contribution in [0.15, 0.2) is 247 Å². The molecule has 3 heterocycles. The molecular formula is C97H94N2OS. The average Bonchev–Trinajstić information content (AvgIpc) is 1.50. The van der Waals surface area contributed by atoms with Crippen LogP contribution < -0.4 is 4.90 Å². The molecule has 0 aliphatic heterocycles. The fourth-order valence-corrected chi connectivity index (χ4v) is 17.9. The van der Waals surface area contributed by atoms with Crippen molar-refractivity contribution in [3.63, 3.8) is 0 Å². The van der Waals surface area contributed by atoms with E-state index in [1.807, 2.05) is 11.3 Å². The van der Waals surface area contributed by atoms with E-state index in [0.29, 0.717) is 0 Å².